The number of anilines is 1. The van der Waals surface area contributed by atoms with Crippen LogP contribution >= 0.6 is 11.6 Å². The number of piperazine rings is 1. The fourth-order valence-corrected chi connectivity index (χ4v) is 3.76. The predicted octanol–water partition coefficient (Wildman–Crippen LogP) is 3.24. The molecule has 30 heavy (non-hydrogen) atoms. The van der Waals surface area contributed by atoms with Gasteiger partial charge in [0.05, 0.1) is 16.8 Å². The molecule has 0 spiro atoms. The Balaban J connectivity index is 1.48. The van der Waals surface area contributed by atoms with Crippen molar-refractivity contribution in [2.75, 3.05) is 31.1 Å². The number of aryl methyl sites for hydroxylation is 1. The first kappa shape index (κ1) is 20.3. The molecule has 7 nitrogen and oxygen atoms in total. The number of hydrogen-bond donors (Lipinski definition) is 0. The lowest BCUT2D eigenvalue weighted by molar-refractivity contribution is -0.137. The summed E-state index contributed by atoms with van der Waals surface area (Å²) in [6.07, 6.45) is 1.49. The summed E-state index contributed by atoms with van der Waals surface area (Å²) < 4.78 is 41.9. The highest BCUT2D eigenvalue weighted by Gasteiger charge is 2.33. The van der Waals surface area contributed by atoms with Gasteiger partial charge in [-0.25, -0.2) is 4.98 Å². The van der Waals surface area contributed by atoms with Gasteiger partial charge in [0.2, 0.25) is 0 Å². The quantitative estimate of drug-likeness (QED) is 0.630. The zero-order valence-corrected chi connectivity index (χ0v) is 16.7. The summed E-state index contributed by atoms with van der Waals surface area (Å²) in [5.41, 5.74) is -0.410. The standard InChI is InChI=1S/C19H18ClF3N6O/c1-26-17(28-4-2-3-5-28)14(12-25-26)18(30)29-8-6-27(7-9-29)16-15(20)10-13(11-24-16)19(21,22)23/h2-5,10-12H,6-9H2,1H3. The number of rotatable bonds is 3. The smallest absolute Gasteiger partial charge is 0.352 e. The number of carbonyl (C=O) groups excluding carboxylic acids is 1. The fraction of sp³-hybridized carbons (Fsp3) is 0.316. The minimum atomic E-state index is -4.50. The van der Waals surface area contributed by atoms with Crippen molar-refractivity contribution in [3.63, 3.8) is 0 Å². The summed E-state index contributed by atoms with van der Waals surface area (Å²) in [5, 5.41) is 4.15. The average molecular weight is 439 g/mol. The molecule has 0 aliphatic carbocycles. The van der Waals surface area contributed by atoms with Crippen molar-refractivity contribution in [2.24, 2.45) is 7.05 Å². The minimum absolute atomic E-state index is 0.0632. The molecular formula is C19H18ClF3N6O. The fourth-order valence-electron chi connectivity index (χ4n) is 3.47. The van der Waals surface area contributed by atoms with Crippen LogP contribution in [0.4, 0.5) is 19.0 Å². The zero-order chi connectivity index (χ0) is 21.5. The third-order valence-electron chi connectivity index (χ3n) is 5.00. The Morgan fingerprint density at radius 1 is 1.10 bits per heavy atom. The van der Waals surface area contributed by atoms with E-state index in [0.29, 0.717) is 37.6 Å². The molecule has 0 aromatic carbocycles. The van der Waals surface area contributed by atoms with E-state index < -0.39 is 11.7 Å². The monoisotopic (exact) mass is 438 g/mol. The molecule has 1 saturated heterocycles. The van der Waals surface area contributed by atoms with Gasteiger partial charge >= 0.3 is 6.18 Å². The second-order valence-electron chi connectivity index (χ2n) is 6.90. The van der Waals surface area contributed by atoms with Gasteiger partial charge in [0.1, 0.15) is 17.2 Å². The number of hydrogen-bond acceptors (Lipinski definition) is 4. The molecule has 1 aliphatic rings. The normalized spacial score (nSPS) is 15.0. The molecular weight excluding hydrogens is 421 g/mol. The van der Waals surface area contributed by atoms with Crippen molar-refractivity contribution in [1.29, 1.82) is 0 Å². The van der Waals surface area contributed by atoms with Gasteiger partial charge in [0, 0.05) is 51.8 Å². The largest absolute Gasteiger partial charge is 0.417 e. The van der Waals surface area contributed by atoms with Crippen LogP contribution in [-0.4, -0.2) is 56.3 Å². The molecule has 4 heterocycles. The number of nitrogens with zero attached hydrogens (tertiary/aromatic N) is 6. The lowest BCUT2D eigenvalue weighted by Gasteiger charge is -2.35. The zero-order valence-electron chi connectivity index (χ0n) is 16.0. The molecule has 0 atom stereocenters. The second kappa shape index (κ2) is 7.67. The third-order valence-corrected chi connectivity index (χ3v) is 5.28. The number of aromatic nitrogens is 4. The molecule has 0 bridgehead atoms. The van der Waals surface area contributed by atoms with Crippen LogP contribution in [0.25, 0.3) is 5.82 Å². The topological polar surface area (TPSA) is 59.2 Å². The molecule has 0 radical (unpaired) electrons. The summed E-state index contributed by atoms with van der Waals surface area (Å²) in [5.74, 6) is 0.795. The van der Waals surface area contributed by atoms with Crippen LogP contribution in [0, 0.1) is 0 Å². The molecule has 158 valence electrons. The van der Waals surface area contributed by atoms with Crippen molar-refractivity contribution < 1.29 is 18.0 Å². The molecule has 0 N–H and O–H groups in total. The van der Waals surface area contributed by atoms with Crippen LogP contribution in [0.3, 0.4) is 0 Å². The van der Waals surface area contributed by atoms with E-state index in [1.165, 1.54) is 0 Å². The van der Waals surface area contributed by atoms with Crippen LogP contribution in [0.15, 0.2) is 43.0 Å². The predicted molar refractivity (Wildman–Crippen MR) is 105 cm³/mol. The van der Waals surface area contributed by atoms with Gasteiger partial charge in [0.15, 0.2) is 0 Å². The average Bonchev–Trinajstić information content (AvgIpc) is 3.36. The third kappa shape index (κ3) is 3.74. The van der Waals surface area contributed by atoms with Gasteiger partial charge in [-0.15, -0.1) is 0 Å². The number of pyridine rings is 1. The molecule has 1 amide bonds. The van der Waals surface area contributed by atoms with E-state index in [4.69, 9.17) is 11.6 Å². The van der Waals surface area contributed by atoms with Crippen LogP contribution in [0.5, 0.6) is 0 Å². The maximum atomic E-state index is 13.1. The van der Waals surface area contributed by atoms with E-state index >= 15 is 0 Å². The van der Waals surface area contributed by atoms with Gasteiger partial charge in [-0.05, 0) is 18.2 Å². The van der Waals surface area contributed by atoms with Crippen molar-refractivity contribution >= 4 is 23.3 Å². The first-order chi connectivity index (χ1) is 14.3. The van der Waals surface area contributed by atoms with E-state index in [1.807, 2.05) is 29.1 Å². The maximum absolute atomic E-state index is 13.1. The van der Waals surface area contributed by atoms with Gasteiger partial charge in [-0.3, -0.25) is 9.48 Å². The first-order valence-corrected chi connectivity index (χ1v) is 9.56. The Hall–Kier alpha value is -3.01. The molecule has 11 heteroatoms. The summed E-state index contributed by atoms with van der Waals surface area (Å²) in [4.78, 5) is 20.4. The van der Waals surface area contributed by atoms with E-state index in [1.54, 1.807) is 27.7 Å². The second-order valence-corrected chi connectivity index (χ2v) is 7.31. The van der Waals surface area contributed by atoms with E-state index in [9.17, 15) is 18.0 Å². The van der Waals surface area contributed by atoms with Crippen LogP contribution in [0.1, 0.15) is 15.9 Å². The van der Waals surface area contributed by atoms with Crippen LogP contribution in [-0.2, 0) is 13.2 Å². The summed E-state index contributed by atoms with van der Waals surface area (Å²) in [6.45, 7) is 1.58. The summed E-state index contributed by atoms with van der Waals surface area (Å²) >= 11 is 6.05. The number of carbonyl (C=O) groups is 1. The molecule has 0 saturated carbocycles. The van der Waals surface area contributed by atoms with E-state index in [2.05, 4.69) is 10.1 Å². The number of alkyl halides is 3. The number of halogens is 4. The molecule has 0 unspecified atom stereocenters. The maximum Gasteiger partial charge on any atom is 0.417 e. The molecule has 3 aromatic heterocycles. The van der Waals surface area contributed by atoms with Gasteiger partial charge in [-0.2, -0.15) is 18.3 Å². The Morgan fingerprint density at radius 2 is 1.77 bits per heavy atom. The van der Waals surface area contributed by atoms with Crippen molar-refractivity contribution in [2.45, 2.75) is 6.18 Å². The van der Waals surface area contributed by atoms with Crippen LogP contribution in [0.2, 0.25) is 5.02 Å². The van der Waals surface area contributed by atoms with Gasteiger partial charge in [0.25, 0.3) is 5.91 Å². The Bertz CT molecular complexity index is 1050. The molecule has 1 aliphatic heterocycles. The Labute approximate surface area is 175 Å². The molecule has 4 rings (SSSR count). The van der Waals surface area contributed by atoms with Crippen molar-refractivity contribution in [3.05, 3.63) is 59.1 Å². The Kier molecular flexibility index (Phi) is 5.19. The molecule has 3 aromatic rings. The lowest BCUT2D eigenvalue weighted by atomic mass is 10.2. The van der Waals surface area contributed by atoms with Gasteiger partial charge < -0.3 is 14.4 Å². The number of amides is 1. The van der Waals surface area contributed by atoms with Crippen molar-refractivity contribution in [3.8, 4) is 5.82 Å². The first-order valence-electron chi connectivity index (χ1n) is 9.18. The minimum Gasteiger partial charge on any atom is -0.352 e. The molecule has 1 fully saturated rings. The highest BCUT2D eigenvalue weighted by Crippen LogP contribution is 2.33. The van der Waals surface area contributed by atoms with Crippen LogP contribution < -0.4 is 4.90 Å². The van der Waals surface area contributed by atoms with Gasteiger partial charge in [-0.1, -0.05) is 11.6 Å². The summed E-state index contributed by atoms with van der Waals surface area (Å²) in [7, 11) is 1.77. The van der Waals surface area contributed by atoms with E-state index in [0.717, 1.165) is 12.3 Å². The highest BCUT2D eigenvalue weighted by molar-refractivity contribution is 6.33. The SMILES string of the molecule is Cn1ncc(C(=O)N2CCN(c3ncc(C(F)(F)F)cc3Cl)CC2)c1-n1cccc1. The highest BCUT2D eigenvalue weighted by atomic mass is 35.5. The lowest BCUT2D eigenvalue weighted by Crippen LogP contribution is -2.49. The Morgan fingerprint density at radius 3 is 2.37 bits per heavy atom. The van der Waals surface area contributed by atoms with E-state index in [-0.39, 0.29) is 16.7 Å². The van der Waals surface area contributed by atoms with Crippen molar-refractivity contribution in [1.82, 2.24) is 24.2 Å². The summed E-state index contributed by atoms with van der Waals surface area (Å²) in [6, 6.07) is 4.60.